The van der Waals surface area contributed by atoms with Gasteiger partial charge in [0.05, 0.1) is 6.54 Å². The van der Waals surface area contributed by atoms with Crippen molar-refractivity contribution < 1.29 is 23.2 Å². The summed E-state index contributed by atoms with van der Waals surface area (Å²) in [5, 5.41) is 9.55. The van der Waals surface area contributed by atoms with Crippen LogP contribution in [0, 0.1) is 5.41 Å². The highest BCUT2D eigenvalue weighted by Crippen LogP contribution is 2.38. The van der Waals surface area contributed by atoms with Crippen LogP contribution in [0.1, 0.15) is 19.4 Å². The van der Waals surface area contributed by atoms with Gasteiger partial charge in [0.2, 0.25) is 0 Å². The second-order valence-electron chi connectivity index (χ2n) is 4.47. The van der Waals surface area contributed by atoms with Gasteiger partial charge >= 0.3 is 6.18 Å². The molecule has 1 amide bonds. The number of carbonyl (C=O) groups excluding carboxylic acids is 1. The molecule has 100 valence electrons. The first-order valence-electron chi connectivity index (χ1n) is 5.28. The Kier molecular flexibility index (Phi) is 4.01. The maximum atomic E-state index is 12.6. The lowest BCUT2D eigenvalue weighted by Crippen LogP contribution is -2.47. The van der Waals surface area contributed by atoms with E-state index in [0.29, 0.717) is 5.56 Å². The van der Waals surface area contributed by atoms with Gasteiger partial charge in [0.1, 0.15) is 5.41 Å². The molecule has 0 saturated carbocycles. The van der Waals surface area contributed by atoms with E-state index in [2.05, 4.69) is 0 Å². The smallest absolute Gasteiger partial charge is 0.286 e. The molecule has 0 aliphatic heterocycles. The number of hydroxylamine groups is 2. The molecule has 3 nitrogen and oxygen atoms in total. The first-order valence-corrected chi connectivity index (χ1v) is 5.28. The summed E-state index contributed by atoms with van der Waals surface area (Å²) in [5.74, 6) is -1.38. The topological polar surface area (TPSA) is 40.5 Å². The minimum atomic E-state index is -4.71. The van der Waals surface area contributed by atoms with Gasteiger partial charge in [0, 0.05) is 0 Å². The SMILES string of the molecule is CC(C)(C(=O)N(O)Cc1ccccc1)C(F)(F)F. The molecule has 1 aromatic rings. The number of halogens is 3. The van der Waals surface area contributed by atoms with Crippen LogP contribution in [0.5, 0.6) is 0 Å². The van der Waals surface area contributed by atoms with E-state index in [9.17, 15) is 23.2 Å². The van der Waals surface area contributed by atoms with Crippen molar-refractivity contribution in [2.75, 3.05) is 0 Å². The third-order valence-corrected chi connectivity index (χ3v) is 2.65. The summed E-state index contributed by atoms with van der Waals surface area (Å²) in [5.41, 5.74) is -2.07. The number of carbonyl (C=O) groups is 1. The van der Waals surface area contributed by atoms with E-state index in [4.69, 9.17) is 0 Å². The molecule has 1 rings (SSSR count). The Hall–Kier alpha value is -1.56. The quantitative estimate of drug-likeness (QED) is 0.671. The first-order chi connectivity index (χ1) is 8.16. The predicted octanol–water partition coefficient (Wildman–Crippen LogP) is 2.99. The lowest BCUT2D eigenvalue weighted by Gasteiger charge is -2.29. The van der Waals surface area contributed by atoms with Crippen molar-refractivity contribution in [3.63, 3.8) is 0 Å². The van der Waals surface area contributed by atoms with E-state index in [1.54, 1.807) is 30.3 Å². The molecule has 0 atom stereocenters. The van der Waals surface area contributed by atoms with Crippen LogP contribution in [0.2, 0.25) is 0 Å². The van der Waals surface area contributed by atoms with Crippen LogP contribution < -0.4 is 0 Å². The maximum absolute atomic E-state index is 12.6. The summed E-state index contributed by atoms with van der Waals surface area (Å²) in [7, 11) is 0. The van der Waals surface area contributed by atoms with Gasteiger partial charge in [-0.15, -0.1) is 0 Å². The molecule has 1 N–H and O–H groups in total. The van der Waals surface area contributed by atoms with Crippen LogP contribution >= 0.6 is 0 Å². The molecule has 0 bridgehead atoms. The molecular formula is C12H14F3NO2. The minimum Gasteiger partial charge on any atom is -0.286 e. The van der Waals surface area contributed by atoms with E-state index >= 15 is 0 Å². The van der Waals surface area contributed by atoms with Gasteiger partial charge in [-0.1, -0.05) is 30.3 Å². The summed E-state index contributed by atoms with van der Waals surface area (Å²) < 4.78 is 37.9. The molecule has 0 fully saturated rings. The van der Waals surface area contributed by atoms with Gasteiger partial charge in [-0.3, -0.25) is 10.0 Å². The van der Waals surface area contributed by atoms with E-state index in [-0.39, 0.29) is 11.6 Å². The zero-order valence-electron chi connectivity index (χ0n) is 10.0. The number of hydrogen-bond acceptors (Lipinski definition) is 2. The Bertz CT molecular complexity index is 415. The van der Waals surface area contributed by atoms with E-state index < -0.39 is 17.5 Å². The molecule has 0 aliphatic carbocycles. The van der Waals surface area contributed by atoms with Gasteiger partial charge in [-0.05, 0) is 19.4 Å². The van der Waals surface area contributed by atoms with Crippen LogP contribution in [0.15, 0.2) is 30.3 Å². The molecule has 1 aromatic carbocycles. The molecular weight excluding hydrogens is 247 g/mol. The number of amides is 1. The molecule has 6 heteroatoms. The molecule has 0 aliphatic rings. The first kappa shape index (κ1) is 14.5. The van der Waals surface area contributed by atoms with Crippen LogP contribution in [0.25, 0.3) is 0 Å². The van der Waals surface area contributed by atoms with E-state index in [1.807, 2.05) is 0 Å². The lowest BCUT2D eigenvalue weighted by molar-refractivity contribution is -0.234. The van der Waals surface area contributed by atoms with Crippen LogP contribution in [-0.2, 0) is 11.3 Å². The van der Waals surface area contributed by atoms with Gasteiger partial charge in [-0.2, -0.15) is 13.2 Å². The average molecular weight is 261 g/mol. The number of alkyl halides is 3. The number of rotatable bonds is 3. The molecule has 18 heavy (non-hydrogen) atoms. The highest BCUT2D eigenvalue weighted by Gasteiger charge is 2.54. The third-order valence-electron chi connectivity index (χ3n) is 2.65. The van der Waals surface area contributed by atoms with Crippen molar-refractivity contribution in [3.05, 3.63) is 35.9 Å². The highest BCUT2D eigenvalue weighted by atomic mass is 19.4. The fourth-order valence-corrected chi connectivity index (χ4v) is 1.27. The zero-order chi connectivity index (χ0) is 14.0. The van der Waals surface area contributed by atoms with E-state index in [1.165, 1.54) is 0 Å². The van der Waals surface area contributed by atoms with Crippen LogP contribution in [0.4, 0.5) is 13.2 Å². The number of nitrogens with zero attached hydrogens (tertiary/aromatic N) is 1. The Morgan fingerprint density at radius 2 is 1.72 bits per heavy atom. The summed E-state index contributed by atoms with van der Waals surface area (Å²) in [6.07, 6.45) is -4.71. The van der Waals surface area contributed by atoms with Crippen molar-refractivity contribution in [3.8, 4) is 0 Å². The molecule has 0 aromatic heterocycles. The van der Waals surface area contributed by atoms with Gasteiger partial charge < -0.3 is 0 Å². The van der Waals surface area contributed by atoms with Crippen molar-refractivity contribution >= 4 is 5.91 Å². The van der Waals surface area contributed by atoms with Crippen LogP contribution in [-0.4, -0.2) is 22.4 Å². The molecule has 0 unspecified atom stereocenters. The van der Waals surface area contributed by atoms with Crippen LogP contribution in [0.3, 0.4) is 0 Å². The van der Waals surface area contributed by atoms with Gasteiger partial charge in [0.25, 0.3) is 5.91 Å². The Labute approximate surface area is 103 Å². The zero-order valence-corrected chi connectivity index (χ0v) is 10.0. The maximum Gasteiger partial charge on any atom is 0.402 e. The predicted molar refractivity (Wildman–Crippen MR) is 58.6 cm³/mol. The summed E-state index contributed by atoms with van der Waals surface area (Å²) in [6.45, 7) is 1.20. The molecule has 0 spiro atoms. The summed E-state index contributed by atoms with van der Waals surface area (Å²) >= 11 is 0. The standard InChI is InChI=1S/C12H14F3NO2/c1-11(2,12(13,14)15)10(17)16(18)8-9-6-4-3-5-7-9/h3-7,18H,8H2,1-2H3. The van der Waals surface area contributed by atoms with Crippen molar-refractivity contribution in [1.82, 2.24) is 5.06 Å². The Balaban J connectivity index is 2.80. The van der Waals surface area contributed by atoms with Gasteiger partial charge in [0.15, 0.2) is 0 Å². The molecule has 0 heterocycles. The van der Waals surface area contributed by atoms with Crippen molar-refractivity contribution in [2.24, 2.45) is 5.41 Å². The second-order valence-corrected chi connectivity index (χ2v) is 4.47. The van der Waals surface area contributed by atoms with Crippen molar-refractivity contribution in [2.45, 2.75) is 26.6 Å². The summed E-state index contributed by atoms with van der Waals surface area (Å²) in [4.78, 5) is 11.6. The lowest BCUT2D eigenvalue weighted by atomic mass is 9.91. The second kappa shape index (κ2) is 4.97. The fraction of sp³-hybridized carbons (Fsp3) is 0.417. The average Bonchev–Trinajstić information content (AvgIpc) is 2.27. The monoisotopic (exact) mass is 261 g/mol. The fourth-order valence-electron chi connectivity index (χ4n) is 1.27. The van der Waals surface area contributed by atoms with Crippen molar-refractivity contribution in [1.29, 1.82) is 0 Å². The summed E-state index contributed by atoms with van der Waals surface area (Å²) in [6, 6.07) is 8.28. The van der Waals surface area contributed by atoms with Gasteiger partial charge in [-0.25, -0.2) is 5.06 Å². The Morgan fingerprint density at radius 1 is 1.22 bits per heavy atom. The molecule has 0 radical (unpaired) electrons. The molecule has 0 saturated heterocycles. The minimum absolute atomic E-state index is 0.100. The Morgan fingerprint density at radius 3 is 2.17 bits per heavy atom. The number of benzene rings is 1. The largest absolute Gasteiger partial charge is 0.402 e. The number of hydrogen-bond donors (Lipinski definition) is 1. The van der Waals surface area contributed by atoms with E-state index in [0.717, 1.165) is 13.8 Å². The normalized spacial score (nSPS) is 12.3. The third kappa shape index (κ3) is 3.01. The highest BCUT2D eigenvalue weighted by molar-refractivity contribution is 5.81.